The van der Waals surface area contributed by atoms with E-state index >= 15 is 0 Å². The third kappa shape index (κ3) is 4.21. The Morgan fingerprint density at radius 1 is 1.09 bits per heavy atom. The van der Waals surface area contributed by atoms with Gasteiger partial charge in [-0.25, -0.2) is 0 Å². The van der Waals surface area contributed by atoms with Gasteiger partial charge in [-0.1, -0.05) is 65.5 Å². The van der Waals surface area contributed by atoms with E-state index in [9.17, 15) is 9.90 Å². The van der Waals surface area contributed by atoms with Crippen molar-refractivity contribution in [2.75, 3.05) is 0 Å². The summed E-state index contributed by atoms with van der Waals surface area (Å²) in [7, 11) is 0. The number of hydrogen-bond donors (Lipinski definition) is 1. The van der Waals surface area contributed by atoms with Crippen molar-refractivity contribution in [1.82, 2.24) is 0 Å². The van der Waals surface area contributed by atoms with Crippen LogP contribution in [0.25, 0.3) is 0 Å². The smallest absolute Gasteiger partial charge is 0.302 e. The lowest BCUT2D eigenvalue weighted by molar-refractivity contribution is -0.149. The molecule has 0 aromatic carbocycles. The molecule has 0 heterocycles. The van der Waals surface area contributed by atoms with Crippen molar-refractivity contribution in [2.45, 2.75) is 118 Å². The number of aliphatic hydroxyl groups is 1. The van der Waals surface area contributed by atoms with Crippen molar-refractivity contribution in [1.29, 1.82) is 0 Å². The first-order chi connectivity index (χ1) is 15.1. The van der Waals surface area contributed by atoms with Crippen molar-refractivity contribution in [3.8, 4) is 0 Å². The summed E-state index contributed by atoms with van der Waals surface area (Å²) in [5.74, 6) is 3.85. The monoisotopic (exact) mass is 444 g/mol. The minimum atomic E-state index is -0.334. The molecule has 0 spiro atoms. The van der Waals surface area contributed by atoms with Crippen LogP contribution in [0.4, 0.5) is 0 Å². The zero-order chi connectivity index (χ0) is 23.3. The number of ether oxygens (including phenoxy) is 1. The number of aliphatic hydroxyl groups excluding tert-OH is 1. The highest BCUT2D eigenvalue weighted by Crippen LogP contribution is 2.67. The molecule has 3 fully saturated rings. The SMILES string of the molecule is CC(=O)O[C@H]1CC[C@@]2(C)C(=C[C@@H](O)[C@H]3[C@@H]4CC[C@H]([C@@H](C)CCCC(C)C)[C@@]4(C)CC[C@@H]32)C1. The minimum absolute atomic E-state index is 0.00742. The molecule has 182 valence electrons. The Balaban J connectivity index is 1.51. The summed E-state index contributed by atoms with van der Waals surface area (Å²) in [5.41, 5.74) is 1.92. The second-order valence-corrected chi connectivity index (χ2v) is 12.9. The number of fused-ring (bicyclic) bond motifs is 5. The van der Waals surface area contributed by atoms with Gasteiger partial charge in [-0.3, -0.25) is 4.79 Å². The molecule has 3 heteroatoms. The van der Waals surface area contributed by atoms with Crippen LogP contribution in [0.15, 0.2) is 11.6 Å². The summed E-state index contributed by atoms with van der Waals surface area (Å²) in [6.07, 6.45) is 14.0. The number of esters is 1. The van der Waals surface area contributed by atoms with Crippen LogP contribution in [0.3, 0.4) is 0 Å². The van der Waals surface area contributed by atoms with Crippen molar-refractivity contribution in [3.05, 3.63) is 11.6 Å². The minimum Gasteiger partial charge on any atom is -0.462 e. The molecule has 0 radical (unpaired) electrons. The second-order valence-electron chi connectivity index (χ2n) is 12.9. The summed E-state index contributed by atoms with van der Waals surface area (Å²) in [6, 6.07) is 0. The first kappa shape index (κ1) is 24.3. The van der Waals surface area contributed by atoms with Gasteiger partial charge in [-0.05, 0) is 84.9 Å². The normalized spacial score (nSPS) is 44.3. The molecular formula is C29H48O3. The van der Waals surface area contributed by atoms with Gasteiger partial charge >= 0.3 is 5.97 Å². The molecule has 0 unspecified atom stereocenters. The van der Waals surface area contributed by atoms with Crippen LogP contribution in [-0.2, 0) is 9.53 Å². The van der Waals surface area contributed by atoms with Crippen molar-refractivity contribution in [2.24, 2.45) is 46.3 Å². The van der Waals surface area contributed by atoms with Crippen LogP contribution < -0.4 is 0 Å². The van der Waals surface area contributed by atoms with Crippen LogP contribution in [0.5, 0.6) is 0 Å². The topological polar surface area (TPSA) is 46.5 Å². The zero-order valence-electron chi connectivity index (χ0n) is 21.5. The van der Waals surface area contributed by atoms with Crippen LogP contribution >= 0.6 is 0 Å². The average molecular weight is 445 g/mol. The largest absolute Gasteiger partial charge is 0.462 e. The predicted octanol–water partition coefficient (Wildman–Crippen LogP) is 6.93. The molecule has 0 aromatic rings. The highest BCUT2D eigenvalue weighted by atomic mass is 16.5. The second kappa shape index (κ2) is 9.08. The highest BCUT2D eigenvalue weighted by molar-refractivity contribution is 5.66. The van der Waals surface area contributed by atoms with Crippen molar-refractivity contribution >= 4 is 5.97 Å². The van der Waals surface area contributed by atoms with Crippen LogP contribution in [0.2, 0.25) is 0 Å². The lowest BCUT2D eigenvalue weighted by atomic mass is 9.46. The number of rotatable bonds is 6. The van der Waals surface area contributed by atoms with Gasteiger partial charge in [0.25, 0.3) is 0 Å². The molecule has 0 bridgehead atoms. The maximum atomic E-state index is 11.5. The van der Waals surface area contributed by atoms with Crippen LogP contribution in [0, 0.1) is 46.3 Å². The van der Waals surface area contributed by atoms with E-state index in [-0.39, 0.29) is 23.6 Å². The number of hydrogen-bond acceptors (Lipinski definition) is 3. The highest BCUT2D eigenvalue weighted by Gasteiger charge is 2.61. The third-order valence-electron chi connectivity index (χ3n) is 10.6. The maximum Gasteiger partial charge on any atom is 0.302 e. The Labute approximate surface area is 196 Å². The van der Waals surface area contributed by atoms with Gasteiger partial charge in [0.2, 0.25) is 0 Å². The summed E-state index contributed by atoms with van der Waals surface area (Å²) < 4.78 is 5.57. The molecule has 4 rings (SSSR count). The third-order valence-corrected chi connectivity index (χ3v) is 10.6. The van der Waals surface area contributed by atoms with E-state index in [1.807, 2.05) is 0 Å². The predicted molar refractivity (Wildman–Crippen MR) is 130 cm³/mol. The first-order valence-electron chi connectivity index (χ1n) is 13.6. The van der Waals surface area contributed by atoms with E-state index in [1.54, 1.807) is 0 Å². The van der Waals surface area contributed by atoms with Gasteiger partial charge in [-0.2, -0.15) is 0 Å². The molecule has 9 atom stereocenters. The lowest BCUT2D eigenvalue weighted by Gasteiger charge is -2.59. The van der Waals surface area contributed by atoms with E-state index in [0.29, 0.717) is 23.2 Å². The van der Waals surface area contributed by atoms with Crippen LogP contribution in [-0.4, -0.2) is 23.3 Å². The van der Waals surface area contributed by atoms with Gasteiger partial charge in [0.15, 0.2) is 0 Å². The van der Waals surface area contributed by atoms with E-state index in [0.717, 1.165) is 37.0 Å². The Kier molecular flexibility index (Phi) is 6.90. The van der Waals surface area contributed by atoms with E-state index < -0.39 is 0 Å². The van der Waals surface area contributed by atoms with Crippen molar-refractivity contribution in [3.63, 3.8) is 0 Å². The van der Waals surface area contributed by atoms with Crippen molar-refractivity contribution < 1.29 is 14.6 Å². The van der Waals surface area contributed by atoms with Gasteiger partial charge in [-0.15, -0.1) is 0 Å². The fourth-order valence-electron chi connectivity index (χ4n) is 8.98. The number of carbonyl (C=O) groups excluding carboxylic acids is 1. The molecule has 4 aliphatic rings. The quantitative estimate of drug-likeness (QED) is 0.357. The molecule has 3 nitrogen and oxygen atoms in total. The van der Waals surface area contributed by atoms with E-state index in [1.165, 1.54) is 57.4 Å². The molecule has 0 aliphatic heterocycles. The number of carbonyl (C=O) groups is 1. The van der Waals surface area contributed by atoms with Gasteiger partial charge in [0.05, 0.1) is 6.10 Å². The van der Waals surface area contributed by atoms with Gasteiger partial charge in [0, 0.05) is 13.3 Å². The van der Waals surface area contributed by atoms with E-state index in [2.05, 4.69) is 40.7 Å². The fourth-order valence-corrected chi connectivity index (χ4v) is 8.98. The Morgan fingerprint density at radius 3 is 2.53 bits per heavy atom. The summed E-state index contributed by atoms with van der Waals surface area (Å²) in [4.78, 5) is 11.5. The molecule has 0 saturated heterocycles. The Hall–Kier alpha value is -0.830. The molecule has 32 heavy (non-hydrogen) atoms. The maximum absolute atomic E-state index is 11.5. The summed E-state index contributed by atoms with van der Waals surface area (Å²) in [5, 5.41) is 11.4. The molecule has 3 saturated carbocycles. The zero-order valence-corrected chi connectivity index (χ0v) is 21.5. The first-order valence-corrected chi connectivity index (χ1v) is 13.6. The summed E-state index contributed by atoms with van der Waals surface area (Å²) >= 11 is 0. The van der Waals surface area contributed by atoms with Crippen LogP contribution in [0.1, 0.15) is 106 Å². The van der Waals surface area contributed by atoms with Gasteiger partial charge < -0.3 is 9.84 Å². The standard InChI is InChI=1S/C29H48O3/c1-18(2)8-7-9-19(3)23-10-11-24-27-25(13-15-29(23,24)6)28(5)14-12-22(32-20(4)30)16-21(28)17-26(27)31/h17-19,22-27,31H,7-16H2,1-6H3/t19-,22-,23+,24-,25-,26+,27-,28-,29+/m0/s1. The average Bonchev–Trinajstić information content (AvgIpc) is 3.05. The molecular weight excluding hydrogens is 396 g/mol. The fraction of sp³-hybridized carbons (Fsp3) is 0.897. The lowest BCUT2D eigenvalue weighted by Crippen LogP contribution is -2.55. The molecule has 0 aromatic heterocycles. The summed E-state index contributed by atoms with van der Waals surface area (Å²) in [6.45, 7) is 13.7. The Bertz CT molecular complexity index is 726. The Morgan fingerprint density at radius 2 is 1.84 bits per heavy atom. The molecule has 0 amide bonds. The molecule has 4 aliphatic carbocycles. The molecule has 1 N–H and O–H groups in total. The van der Waals surface area contributed by atoms with Gasteiger partial charge in [0.1, 0.15) is 6.10 Å². The van der Waals surface area contributed by atoms with E-state index in [4.69, 9.17) is 4.74 Å².